The van der Waals surface area contributed by atoms with Gasteiger partial charge in [-0.25, -0.2) is 0 Å². The molecule has 2 rings (SSSR count). The number of allylic oxidation sites excluding steroid dienone is 2. The van der Waals surface area contributed by atoms with E-state index >= 15 is 0 Å². The fourth-order valence-corrected chi connectivity index (χ4v) is 2.31. The van der Waals surface area contributed by atoms with Gasteiger partial charge in [-0.05, 0) is 36.3 Å². The lowest BCUT2D eigenvalue weighted by Gasteiger charge is -1.98. The Bertz CT molecular complexity index is 322. The van der Waals surface area contributed by atoms with E-state index in [0.29, 0.717) is 12.2 Å². The van der Waals surface area contributed by atoms with Gasteiger partial charge in [0.2, 0.25) is 0 Å². The van der Waals surface area contributed by atoms with Crippen LogP contribution in [-0.4, -0.2) is 5.78 Å². The van der Waals surface area contributed by atoms with Crippen molar-refractivity contribution in [2.45, 2.75) is 25.7 Å². The molecule has 0 saturated carbocycles. The quantitative estimate of drug-likeness (QED) is 0.719. The van der Waals surface area contributed by atoms with Crippen LogP contribution in [0.25, 0.3) is 0 Å². The van der Waals surface area contributed by atoms with Crippen molar-refractivity contribution < 1.29 is 4.79 Å². The Morgan fingerprint density at radius 2 is 2.46 bits per heavy atom. The SMILES string of the molecule is O=C(Cc1cccs1)C1=CCCC1. The number of rotatable bonds is 3. The second kappa shape index (κ2) is 3.88. The average Bonchev–Trinajstić information content (AvgIpc) is 2.74. The Morgan fingerprint density at radius 3 is 3.08 bits per heavy atom. The summed E-state index contributed by atoms with van der Waals surface area (Å²) in [5.41, 5.74) is 1.05. The summed E-state index contributed by atoms with van der Waals surface area (Å²) in [6, 6.07) is 4.02. The Balaban J connectivity index is 1.99. The van der Waals surface area contributed by atoms with Crippen LogP contribution in [0.1, 0.15) is 24.1 Å². The zero-order valence-corrected chi connectivity index (χ0v) is 8.27. The van der Waals surface area contributed by atoms with E-state index < -0.39 is 0 Å². The van der Waals surface area contributed by atoms with Gasteiger partial charge in [0.05, 0.1) is 0 Å². The maximum atomic E-state index is 11.7. The van der Waals surface area contributed by atoms with Crippen LogP contribution in [0, 0.1) is 0 Å². The largest absolute Gasteiger partial charge is 0.294 e. The predicted molar refractivity (Wildman–Crippen MR) is 55.0 cm³/mol. The third kappa shape index (κ3) is 2.07. The van der Waals surface area contributed by atoms with Crippen LogP contribution in [0.4, 0.5) is 0 Å². The zero-order chi connectivity index (χ0) is 9.10. The van der Waals surface area contributed by atoms with Gasteiger partial charge in [-0.1, -0.05) is 12.1 Å². The molecule has 0 radical (unpaired) electrons. The van der Waals surface area contributed by atoms with E-state index in [1.165, 1.54) is 4.88 Å². The van der Waals surface area contributed by atoms with Crippen molar-refractivity contribution in [2.24, 2.45) is 0 Å². The van der Waals surface area contributed by atoms with Crippen molar-refractivity contribution in [1.82, 2.24) is 0 Å². The molecule has 68 valence electrons. The summed E-state index contributed by atoms with van der Waals surface area (Å²) >= 11 is 1.66. The third-order valence-corrected chi connectivity index (χ3v) is 3.19. The summed E-state index contributed by atoms with van der Waals surface area (Å²) in [4.78, 5) is 12.8. The smallest absolute Gasteiger partial charge is 0.163 e. The van der Waals surface area contributed by atoms with Crippen molar-refractivity contribution in [3.8, 4) is 0 Å². The molecular weight excluding hydrogens is 180 g/mol. The van der Waals surface area contributed by atoms with Crippen LogP contribution in [0.3, 0.4) is 0 Å². The van der Waals surface area contributed by atoms with E-state index in [-0.39, 0.29) is 0 Å². The van der Waals surface area contributed by atoms with E-state index in [1.54, 1.807) is 11.3 Å². The minimum absolute atomic E-state index is 0.319. The molecule has 13 heavy (non-hydrogen) atoms. The minimum atomic E-state index is 0.319. The van der Waals surface area contributed by atoms with Crippen LogP contribution in [0.15, 0.2) is 29.2 Å². The van der Waals surface area contributed by atoms with E-state index in [4.69, 9.17) is 0 Å². The van der Waals surface area contributed by atoms with Crippen LogP contribution in [0.5, 0.6) is 0 Å². The molecule has 0 atom stereocenters. The van der Waals surface area contributed by atoms with Crippen molar-refractivity contribution in [2.75, 3.05) is 0 Å². The molecule has 1 aliphatic rings. The highest BCUT2D eigenvalue weighted by molar-refractivity contribution is 7.10. The highest BCUT2D eigenvalue weighted by Gasteiger charge is 2.13. The van der Waals surface area contributed by atoms with Gasteiger partial charge in [0.15, 0.2) is 5.78 Å². The number of Topliss-reactive ketones (excluding diaryl/α,β-unsaturated/α-hetero) is 1. The van der Waals surface area contributed by atoms with Gasteiger partial charge in [0.25, 0.3) is 0 Å². The van der Waals surface area contributed by atoms with Crippen LogP contribution >= 0.6 is 11.3 Å². The zero-order valence-electron chi connectivity index (χ0n) is 7.45. The third-order valence-electron chi connectivity index (χ3n) is 2.31. The average molecular weight is 192 g/mol. The number of ketones is 1. The Kier molecular flexibility index (Phi) is 2.60. The second-order valence-corrected chi connectivity index (χ2v) is 4.33. The number of hydrogen-bond donors (Lipinski definition) is 0. The standard InChI is InChI=1S/C11H12OS/c12-11(9-4-1-2-5-9)8-10-6-3-7-13-10/h3-4,6-7H,1-2,5,8H2. The lowest BCUT2D eigenvalue weighted by atomic mass is 10.1. The van der Waals surface area contributed by atoms with Crippen LogP contribution in [0.2, 0.25) is 0 Å². The monoisotopic (exact) mass is 192 g/mol. The van der Waals surface area contributed by atoms with Crippen molar-refractivity contribution in [1.29, 1.82) is 0 Å². The van der Waals surface area contributed by atoms with E-state index in [1.807, 2.05) is 17.5 Å². The summed E-state index contributed by atoms with van der Waals surface area (Å²) in [6.45, 7) is 0. The fourth-order valence-electron chi connectivity index (χ4n) is 1.61. The topological polar surface area (TPSA) is 17.1 Å². The Morgan fingerprint density at radius 1 is 1.54 bits per heavy atom. The normalized spacial score (nSPS) is 15.8. The van der Waals surface area contributed by atoms with Gasteiger partial charge < -0.3 is 0 Å². The molecule has 0 amide bonds. The maximum Gasteiger partial charge on any atom is 0.163 e. The highest BCUT2D eigenvalue weighted by atomic mass is 32.1. The van der Waals surface area contributed by atoms with Crippen LogP contribution in [-0.2, 0) is 11.2 Å². The van der Waals surface area contributed by atoms with E-state index in [9.17, 15) is 4.79 Å². The van der Waals surface area contributed by atoms with Gasteiger partial charge >= 0.3 is 0 Å². The van der Waals surface area contributed by atoms with Crippen molar-refractivity contribution in [3.63, 3.8) is 0 Å². The number of carbonyl (C=O) groups is 1. The molecule has 0 aromatic carbocycles. The van der Waals surface area contributed by atoms with E-state index in [2.05, 4.69) is 6.08 Å². The first-order valence-corrected chi connectivity index (χ1v) is 5.49. The minimum Gasteiger partial charge on any atom is -0.294 e. The molecule has 0 spiro atoms. The van der Waals surface area contributed by atoms with Gasteiger partial charge in [0, 0.05) is 11.3 Å². The Labute approximate surface area is 82.1 Å². The first kappa shape index (κ1) is 8.70. The molecule has 1 heterocycles. The van der Waals surface area contributed by atoms with Gasteiger partial charge in [0.1, 0.15) is 0 Å². The lowest BCUT2D eigenvalue weighted by molar-refractivity contribution is -0.115. The first-order valence-electron chi connectivity index (χ1n) is 4.61. The van der Waals surface area contributed by atoms with E-state index in [0.717, 1.165) is 24.8 Å². The van der Waals surface area contributed by atoms with Gasteiger partial charge in [-0.2, -0.15) is 0 Å². The maximum absolute atomic E-state index is 11.7. The lowest BCUT2D eigenvalue weighted by Crippen LogP contribution is -2.03. The number of hydrogen-bond acceptors (Lipinski definition) is 2. The highest BCUT2D eigenvalue weighted by Crippen LogP contribution is 2.21. The van der Waals surface area contributed by atoms with Crippen LogP contribution < -0.4 is 0 Å². The number of thiophene rings is 1. The second-order valence-electron chi connectivity index (χ2n) is 3.30. The fraction of sp³-hybridized carbons (Fsp3) is 0.364. The summed E-state index contributed by atoms with van der Waals surface area (Å²) in [5, 5.41) is 2.02. The molecule has 1 aromatic heterocycles. The molecule has 0 fully saturated rings. The first-order chi connectivity index (χ1) is 6.36. The molecular formula is C11H12OS. The summed E-state index contributed by atoms with van der Waals surface area (Å²) in [7, 11) is 0. The van der Waals surface area contributed by atoms with Gasteiger partial charge in [-0.3, -0.25) is 4.79 Å². The molecule has 1 aliphatic carbocycles. The molecule has 1 aromatic rings. The molecule has 0 aliphatic heterocycles. The molecule has 0 N–H and O–H groups in total. The molecule has 0 bridgehead atoms. The summed E-state index contributed by atoms with van der Waals surface area (Å²) < 4.78 is 0. The molecule has 0 saturated heterocycles. The van der Waals surface area contributed by atoms with Gasteiger partial charge in [-0.15, -0.1) is 11.3 Å². The molecule has 0 unspecified atom stereocenters. The summed E-state index contributed by atoms with van der Waals surface area (Å²) in [5.74, 6) is 0.319. The van der Waals surface area contributed by atoms with Crippen molar-refractivity contribution in [3.05, 3.63) is 34.0 Å². The number of carbonyl (C=O) groups excluding carboxylic acids is 1. The Hall–Kier alpha value is -0.890. The van der Waals surface area contributed by atoms with Crippen molar-refractivity contribution >= 4 is 17.1 Å². The predicted octanol–water partition coefficient (Wildman–Crippen LogP) is 2.97. The molecule has 1 nitrogen and oxygen atoms in total. The molecule has 2 heteroatoms. The summed E-state index contributed by atoms with van der Waals surface area (Å²) in [6.07, 6.45) is 5.93.